The number of nitrogens with one attached hydrogen (secondary N) is 1. The molecule has 1 saturated heterocycles. The van der Waals surface area contributed by atoms with E-state index in [1.54, 1.807) is 29.7 Å². The first-order valence-electron chi connectivity index (χ1n) is 11.7. The van der Waals surface area contributed by atoms with Crippen LogP contribution in [0.5, 0.6) is 6.01 Å². The largest absolute Gasteiger partial charge is 0.460 e. The van der Waals surface area contributed by atoms with Crippen LogP contribution in [0.2, 0.25) is 0 Å². The second-order valence-electron chi connectivity index (χ2n) is 8.84. The number of halogens is 2. The molecule has 11 heteroatoms. The van der Waals surface area contributed by atoms with Gasteiger partial charge in [0, 0.05) is 43.3 Å². The van der Waals surface area contributed by atoms with Crippen molar-refractivity contribution in [2.24, 2.45) is 0 Å². The summed E-state index contributed by atoms with van der Waals surface area (Å²) in [5.41, 5.74) is 1.55. The van der Waals surface area contributed by atoms with Crippen molar-refractivity contribution >= 4 is 22.4 Å². The van der Waals surface area contributed by atoms with Gasteiger partial charge in [0.1, 0.15) is 6.10 Å². The summed E-state index contributed by atoms with van der Waals surface area (Å²) in [7, 11) is 0. The number of aromatic nitrogens is 5. The van der Waals surface area contributed by atoms with Crippen molar-refractivity contribution in [2.75, 3.05) is 18.4 Å². The van der Waals surface area contributed by atoms with E-state index in [0.29, 0.717) is 36.6 Å². The van der Waals surface area contributed by atoms with Crippen molar-refractivity contribution in [1.82, 2.24) is 29.8 Å². The van der Waals surface area contributed by atoms with Crippen LogP contribution < -0.4 is 10.1 Å². The van der Waals surface area contributed by atoms with Crippen LogP contribution >= 0.6 is 11.3 Å². The van der Waals surface area contributed by atoms with Gasteiger partial charge in [-0.3, -0.25) is 4.90 Å². The minimum Gasteiger partial charge on any atom is -0.460 e. The summed E-state index contributed by atoms with van der Waals surface area (Å²) in [5.74, 6) is -2.21. The zero-order valence-electron chi connectivity index (χ0n) is 18.8. The molecule has 0 bridgehead atoms. The Balaban J connectivity index is 1.19. The van der Waals surface area contributed by atoms with E-state index in [9.17, 15) is 8.78 Å². The van der Waals surface area contributed by atoms with Crippen LogP contribution in [0, 0.1) is 0 Å². The summed E-state index contributed by atoms with van der Waals surface area (Å²) in [6.45, 7) is 0.857. The maximum atomic E-state index is 13.6. The smallest absolute Gasteiger partial charge is 0.317 e. The molecule has 2 fully saturated rings. The average Bonchev–Trinajstić information content (AvgIpc) is 3.29. The van der Waals surface area contributed by atoms with Gasteiger partial charge in [0.2, 0.25) is 5.95 Å². The minimum absolute atomic E-state index is 0.0392. The van der Waals surface area contributed by atoms with Crippen LogP contribution in [0.4, 0.5) is 19.9 Å². The van der Waals surface area contributed by atoms with Gasteiger partial charge in [-0.1, -0.05) is 17.8 Å². The zero-order chi connectivity index (χ0) is 23.4. The number of piperidine rings is 1. The van der Waals surface area contributed by atoms with Crippen LogP contribution in [-0.2, 0) is 6.54 Å². The molecule has 4 heterocycles. The first kappa shape index (κ1) is 23.0. The highest BCUT2D eigenvalue weighted by atomic mass is 32.1. The molecule has 0 amide bonds. The van der Waals surface area contributed by atoms with E-state index >= 15 is 0 Å². The Hall–Kier alpha value is -2.79. The third-order valence-electron chi connectivity index (χ3n) is 6.02. The van der Waals surface area contributed by atoms with Crippen molar-refractivity contribution < 1.29 is 13.5 Å². The van der Waals surface area contributed by atoms with Crippen LogP contribution in [0.25, 0.3) is 10.6 Å². The molecule has 0 radical (unpaired) electrons. The number of hydrogen-bond donors (Lipinski definition) is 1. The fourth-order valence-electron chi connectivity index (χ4n) is 4.35. The van der Waals surface area contributed by atoms with Gasteiger partial charge in [0.25, 0.3) is 5.92 Å². The Labute approximate surface area is 200 Å². The van der Waals surface area contributed by atoms with E-state index in [1.165, 1.54) is 30.6 Å². The van der Waals surface area contributed by atoms with Gasteiger partial charge in [-0.25, -0.2) is 28.7 Å². The number of hydrogen-bond acceptors (Lipinski definition) is 9. The number of rotatable bonds is 7. The van der Waals surface area contributed by atoms with Crippen molar-refractivity contribution in [1.29, 1.82) is 0 Å². The number of alkyl halides is 2. The van der Waals surface area contributed by atoms with Gasteiger partial charge in [0.15, 0.2) is 5.13 Å². The predicted molar refractivity (Wildman–Crippen MR) is 125 cm³/mol. The number of likely N-dealkylation sites (tertiary alicyclic amines) is 1. The van der Waals surface area contributed by atoms with Crippen molar-refractivity contribution in [3.8, 4) is 16.6 Å². The summed E-state index contributed by atoms with van der Waals surface area (Å²) in [6, 6.07) is 2.23. The first-order valence-corrected chi connectivity index (χ1v) is 12.5. The second-order valence-corrected chi connectivity index (χ2v) is 9.87. The second kappa shape index (κ2) is 10.2. The summed E-state index contributed by atoms with van der Waals surface area (Å²) >= 11 is 1.43. The highest BCUT2D eigenvalue weighted by Crippen LogP contribution is 2.30. The van der Waals surface area contributed by atoms with Crippen LogP contribution in [0.3, 0.4) is 0 Å². The molecular formula is C23H27F2N7OS. The van der Waals surface area contributed by atoms with Crippen LogP contribution in [-0.4, -0.2) is 54.9 Å². The maximum absolute atomic E-state index is 13.6. The Morgan fingerprint density at radius 2 is 1.88 bits per heavy atom. The van der Waals surface area contributed by atoms with Crippen molar-refractivity contribution in [3.05, 3.63) is 36.4 Å². The molecule has 0 unspecified atom stereocenters. The van der Waals surface area contributed by atoms with Crippen LogP contribution in [0.1, 0.15) is 50.5 Å². The fraction of sp³-hybridized carbons (Fsp3) is 0.522. The SMILES string of the molecule is FC1(F)CCCN(Cc2cnc(Nc3ncc(-c4ccnc(OC5CCCCC5)n4)s3)nc2)C1. The predicted octanol–water partition coefficient (Wildman–Crippen LogP) is 5.08. The van der Waals surface area contributed by atoms with Crippen molar-refractivity contribution in [2.45, 2.75) is 63.5 Å². The maximum Gasteiger partial charge on any atom is 0.317 e. The third kappa shape index (κ3) is 6.01. The topological polar surface area (TPSA) is 89.0 Å². The van der Waals surface area contributed by atoms with E-state index < -0.39 is 5.92 Å². The quantitative estimate of drug-likeness (QED) is 0.494. The zero-order valence-corrected chi connectivity index (χ0v) is 19.6. The van der Waals surface area contributed by atoms with E-state index in [1.807, 2.05) is 6.07 Å². The number of thiazole rings is 1. The van der Waals surface area contributed by atoms with E-state index in [4.69, 9.17) is 4.74 Å². The molecule has 8 nitrogen and oxygen atoms in total. The molecule has 0 spiro atoms. The highest BCUT2D eigenvalue weighted by molar-refractivity contribution is 7.18. The molecule has 2 aliphatic rings. The van der Waals surface area contributed by atoms with Gasteiger partial charge >= 0.3 is 6.01 Å². The monoisotopic (exact) mass is 487 g/mol. The molecule has 180 valence electrons. The summed E-state index contributed by atoms with van der Waals surface area (Å²) in [4.78, 5) is 24.5. The van der Waals surface area contributed by atoms with Gasteiger partial charge in [-0.05, 0) is 44.7 Å². The van der Waals surface area contributed by atoms with E-state index in [2.05, 4.69) is 30.2 Å². The van der Waals surface area contributed by atoms with E-state index in [0.717, 1.165) is 29.0 Å². The average molecular weight is 488 g/mol. The normalized spacial score (nSPS) is 19.1. The number of anilines is 2. The molecular weight excluding hydrogens is 460 g/mol. The molecule has 1 N–H and O–H groups in total. The Bertz CT molecular complexity index is 1090. The Kier molecular flexibility index (Phi) is 6.91. The minimum atomic E-state index is -2.62. The third-order valence-corrected chi connectivity index (χ3v) is 6.95. The standard InChI is InChI=1S/C23H27F2N7OS/c24-23(25)8-4-10-32(15-23)14-16-11-27-20(28-12-16)31-22-29-13-19(34-22)18-7-9-26-21(30-18)33-17-5-2-1-3-6-17/h7,9,11-13,17H,1-6,8,10,14-15H2,(H,27,28,29,31). The lowest BCUT2D eigenvalue weighted by Gasteiger charge is -2.32. The molecule has 0 atom stereocenters. The lowest BCUT2D eigenvalue weighted by atomic mass is 9.98. The Morgan fingerprint density at radius 1 is 1.06 bits per heavy atom. The number of nitrogens with zero attached hydrogens (tertiary/aromatic N) is 6. The summed E-state index contributed by atoms with van der Waals surface area (Å²) < 4.78 is 33.2. The van der Waals surface area contributed by atoms with Crippen molar-refractivity contribution in [3.63, 3.8) is 0 Å². The number of ether oxygens (including phenoxy) is 1. The lowest BCUT2D eigenvalue weighted by molar-refractivity contribution is -0.0661. The van der Waals surface area contributed by atoms with Crippen LogP contribution in [0.15, 0.2) is 30.9 Å². The lowest BCUT2D eigenvalue weighted by Crippen LogP contribution is -2.42. The van der Waals surface area contributed by atoms with Gasteiger partial charge in [-0.15, -0.1) is 0 Å². The molecule has 0 aromatic carbocycles. The van der Waals surface area contributed by atoms with Gasteiger partial charge in [0.05, 0.1) is 17.1 Å². The van der Waals surface area contributed by atoms with Gasteiger partial charge in [-0.2, -0.15) is 4.98 Å². The molecule has 1 saturated carbocycles. The molecule has 1 aliphatic heterocycles. The molecule has 1 aliphatic carbocycles. The molecule has 5 rings (SSSR count). The first-order chi connectivity index (χ1) is 16.5. The molecule has 34 heavy (non-hydrogen) atoms. The summed E-state index contributed by atoms with van der Waals surface area (Å²) in [6.07, 6.45) is 13.1. The molecule has 3 aromatic rings. The highest BCUT2D eigenvalue weighted by Gasteiger charge is 2.34. The Morgan fingerprint density at radius 3 is 2.68 bits per heavy atom. The molecule has 3 aromatic heterocycles. The summed E-state index contributed by atoms with van der Waals surface area (Å²) in [5, 5.41) is 3.73. The van der Waals surface area contributed by atoms with E-state index in [-0.39, 0.29) is 19.1 Å². The van der Waals surface area contributed by atoms with Gasteiger partial charge < -0.3 is 10.1 Å². The fourth-order valence-corrected chi connectivity index (χ4v) is 5.13.